The summed E-state index contributed by atoms with van der Waals surface area (Å²) in [5.74, 6) is -0.191. The minimum absolute atomic E-state index is 0.172. The third-order valence-electron chi connectivity index (χ3n) is 2.65. The second-order valence-electron chi connectivity index (χ2n) is 5.32. The van der Waals surface area contributed by atoms with Gasteiger partial charge in [0.05, 0.1) is 6.61 Å². The maximum atomic E-state index is 10.7. The molecular formula is C16H26O4. The molecule has 0 radical (unpaired) electrons. The van der Waals surface area contributed by atoms with Crippen molar-refractivity contribution in [1.29, 1.82) is 0 Å². The molecule has 0 unspecified atom stereocenters. The topological polar surface area (TPSA) is 52.6 Å². The molecule has 0 atom stereocenters. The third-order valence-corrected chi connectivity index (χ3v) is 2.65. The second kappa shape index (κ2) is 10.2. The van der Waals surface area contributed by atoms with Crippen molar-refractivity contribution in [3.05, 3.63) is 24.8 Å². The monoisotopic (exact) mass is 282 g/mol. The third kappa shape index (κ3) is 9.36. The van der Waals surface area contributed by atoms with E-state index in [1.54, 1.807) is 6.92 Å². The summed E-state index contributed by atoms with van der Waals surface area (Å²) in [5.41, 5.74) is 0.459. The number of esters is 2. The first-order valence-electron chi connectivity index (χ1n) is 7.02. The Morgan fingerprint density at radius 2 is 1.85 bits per heavy atom. The van der Waals surface area contributed by atoms with E-state index in [-0.39, 0.29) is 18.0 Å². The molecule has 0 N–H and O–H groups in total. The largest absolute Gasteiger partial charge is 0.462 e. The van der Waals surface area contributed by atoms with E-state index in [0.717, 1.165) is 12.8 Å². The van der Waals surface area contributed by atoms with Crippen LogP contribution in [0.5, 0.6) is 0 Å². The van der Waals surface area contributed by atoms with Crippen LogP contribution in [-0.2, 0) is 19.1 Å². The van der Waals surface area contributed by atoms with Gasteiger partial charge < -0.3 is 9.47 Å². The first-order valence-corrected chi connectivity index (χ1v) is 7.02. The molecule has 1 saturated carbocycles. The molecular weight excluding hydrogens is 256 g/mol. The van der Waals surface area contributed by atoms with Gasteiger partial charge in [0.25, 0.3) is 0 Å². The van der Waals surface area contributed by atoms with Crippen LogP contribution in [0, 0.1) is 5.92 Å². The Morgan fingerprint density at radius 1 is 1.30 bits per heavy atom. The summed E-state index contributed by atoms with van der Waals surface area (Å²) >= 11 is 0. The van der Waals surface area contributed by atoms with Gasteiger partial charge in [-0.15, -0.1) is 0 Å². The normalized spacial score (nSPS) is 14.2. The van der Waals surface area contributed by atoms with Gasteiger partial charge in [-0.1, -0.05) is 27.0 Å². The van der Waals surface area contributed by atoms with Gasteiger partial charge in [0.1, 0.15) is 6.10 Å². The summed E-state index contributed by atoms with van der Waals surface area (Å²) in [5, 5.41) is 0. The van der Waals surface area contributed by atoms with Crippen LogP contribution >= 0.6 is 0 Å². The molecule has 0 spiro atoms. The first-order chi connectivity index (χ1) is 9.36. The molecule has 0 aliphatic heterocycles. The lowest BCUT2D eigenvalue weighted by Crippen LogP contribution is -2.11. The van der Waals surface area contributed by atoms with Crippen LogP contribution < -0.4 is 0 Å². The highest BCUT2D eigenvalue weighted by Gasteiger charge is 2.17. The molecule has 0 heterocycles. The van der Waals surface area contributed by atoms with Crippen molar-refractivity contribution < 1.29 is 19.1 Å². The summed E-state index contributed by atoms with van der Waals surface area (Å²) in [7, 11) is 0. The molecule has 1 aliphatic carbocycles. The van der Waals surface area contributed by atoms with Crippen LogP contribution in [-0.4, -0.2) is 24.6 Å². The van der Waals surface area contributed by atoms with Crippen LogP contribution in [0.2, 0.25) is 0 Å². The van der Waals surface area contributed by atoms with Gasteiger partial charge in [-0.25, -0.2) is 9.59 Å². The molecule has 0 aromatic heterocycles. The Balaban J connectivity index is 0.000000361. The summed E-state index contributed by atoms with van der Waals surface area (Å²) in [4.78, 5) is 21.4. The zero-order valence-electron chi connectivity index (χ0n) is 12.8. The van der Waals surface area contributed by atoms with Crippen molar-refractivity contribution in [2.45, 2.75) is 52.6 Å². The van der Waals surface area contributed by atoms with Gasteiger partial charge in [-0.3, -0.25) is 0 Å². The average Bonchev–Trinajstić information content (AvgIpc) is 2.89. The van der Waals surface area contributed by atoms with Crippen LogP contribution in [0.3, 0.4) is 0 Å². The molecule has 1 fully saturated rings. The number of ether oxygens (including phenoxy) is 2. The van der Waals surface area contributed by atoms with E-state index in [9.17, 15) is 9.59 Å². The van der Waals surface area contributed by atoms with E-state index in [4.69, 9.17) is 9.47 Å². The number of hydrogen-bond donors (Lipinski definition) is 0. The Hall–Kier alpha value is -1.58. The van der Waals surface area contributed by atoms with Crippen molar-refractivity contribution >= 4 is 11.9 Å². The Morgan fingerprint density at radius 3 is 2.25 bits per heavy atom. The standard InChI is InChI=1S/C8H12O2.C8H14O2/c1-2-8(9)10-7-5-3-4-6-7;1-6(2)5-10-8(9)7(3)4/h2,7H,1,3-6H2;6H,3,5H2,1-2,4H3. The molecule has 1 aliphatic rings. The summed E-state index contributed by atoms with van der Waals surface area (Å²) in [6.45, 7) is 12.9. The van der Waals surface area contributed by atoms with Crippen molar-refractivity contribution in [3.8, 4) is 0 Å². The number of carbonyl (C=O) groups excluding carboxylic acids is 2. The molecule has 0 bridgehead atoms. The molecule has 0 aromatic rings. The zero-order valence-corrected chi connectivity index (χ0v) is 12.8. The van der Waals surface area contributed by atoms with Gasteiger partial charge in [-0.2, -0.15) is 0 Å². The van der Waals surface area contributed by atoms with Crippen LogP contribution in [0.4, 0.5) is 0 Å². The van der Waals surface area contributed by atoms with Gasteiger partial charge in [0, 0.05) is 11.6 Å². The van der Waals surface area contributed by atoms with Gasteiger partial charge in [0.15, 0.2) is 0 Å². The molecule has 114 valence electrons. The van der Waals surface area contributed by atoms with Gasteiger partial charge >= 0.3 is 11.9 Å². The quantitative estimate of drug-likeness (QED) is 0.572. The lowest BCUT2D eigenvalue weighted by atomic mass is 10.2. The Labute approximate surface area is 121 Å². The molecule has 0 saturated heterocycles. The fraction of sp³-hybridized carbons (Fsp3) is 0.625. The highest BCUT2D eigenvalue weighted by atomic mass is 16.5. The average molecular weight is 282 g/mol. The molecule has 4 heteroatoms. The second-order valence-corrected chi connectivity index (χ2v) is 5.32. The fourth-order valence-corrected chi connectivity index (χ4v) is 1.58. The maximum absolute atomic E-state index is 10.7. The minimum atomic E-state index is -0.297. The Kier molecular flexibility index (Phi) is 9.43. The van der Waals surface area contributed by atoms with E-state index >= 15 is 0 Å². The van der Waals surface area contributed by atoms with E-state index < -0.39 is 0 Å². The van der Waals surface area contributed by atoms with E-state index in [1.807, 2.05) is 13.8 Å². The van der Waals surface area contributed by atoms with Crippen LogP contribution in [0.1, 0.15) is 46.5 Å². The smallest absolute Gasteiger partial charge is 0.333 e. The molecule has 1 rings (SSSR count). The van der Waals surface area contributed by atoms with Crippen molar-refractivity contribution in [2.24, 2.45) is 5.92 Å². The van der Waals surface area contributed by atoms with Gasteiger partial charge in [0.2, 0.25) is 0 Å². The van der Waals surface area contributed by atoms with Crippen molar-refractivity contribution in [2.75, 3.05) is 6.61 Å². The molecule has 4 nitrogen and oxygen atoms in total. The highest BCUT2D eigenvalue weighted by molar-refractivity contribution is 5.86. The fourth-order valence-electron chi connectivity index (χ4n) is 1.58. The van der Waals surface area contributed by atoms with Crippen LogP contribution in [0.15, 0.2) is 24.8 Å². The predicted octanol–water partition coefficient (Wildman–Crippen LogP) is 3.42. The lowest BCUT2D eigenvalue weighted by molar-refractivity contribution is -0.142. The minimum Gasteiger partial charge on any atom is -0.462 e. The summed E-state index contributed by atoms with van der Waals surface area (Å²) < 4.78 is 9.83. The van der Waals surface area contributed by atoms with E-state index in [0.29, 0.717) is 18.1 Å². The zero-order chi connectivity index (χ0) is 15.5. The molecule has 0 amide bonds. The SMILES string of the molecule is C=C(C)C(=O)OCC(C)C.C=CC(=O)OC1CCCC1. The number of carbonyl (C=O) groups is 2. The maximum Gasteiger partial charge on any atom is 0.333 e. The lowest BCUT2D eigenvalue weighted by Gasteiger charge is -2.07. The van der Waals surface area contributed by atoms with Crippen LogP contribution in [0.25, 0.3) is 0 Å². The van der Waals surface area contributed by atoms with E-state index in [1.165, 1.54) is 18.9 Å². The summed E-state index contributed by atoms with van der Waals surface area (Å²) in [6.07, 6.45) is 5.83. The predicted molar refractivity (Wildman–Crippen MR) is 79.2 cm³/mol. The van der Waals surface area contributed by atoms with Gasteiger partial charge in [-0.05, 0) is 38.5 Å². The molecule has 20 heavy (non-hydrogen) atoms. The molecule has 0 aromatic carbocycles. The number of hydrogen-bond acceptors (Lipinski definition) is 4. The van der Waals surface area contributed by atoms with E-state index in [2.05, 4.69) is 13.2 Å². The number of rotatable bonds is 5. The van der Waals surface area contributed by atoms with Crippen molar-refractivity contribution in [1.82, 2.24) is 0 Å². The van der Waals surface area contributed by atoms with Crippen molar-refractivity contribution in [3.63, 3.8) is 0 Å². The summed E-state index contributed by atoms with van der Waals surface area (Å²) in [6, 6.07) is 0. The Bertz CT molecular complexity index is 338. The first kappa shape index (κ1) is 18.4. The highest BCUT2D eigenvalue weighted by Crippen LogP contribution is 2.20.